The SMILES string of the molecule is CN(Cc1ccc(F)cc1F)C(=O)c1cccc(N)c1Cl. The lowest BCUT2D eigenvalue weighted by molar-refractivity contribution is 0.0784. The van der Waals surface area contributed by atoms with Crippen LogP contribution in [0.1, 0.15) is 15.9 Å². The predicted molar refractivity (Wildman–Crippen MR) is 78.0 cm³/mol. The average Bonchev–Trinajstić information content (AvgIpc) is 2.44. The van der Waals surface area contributed by atoms with E-state index in [0.717, 1.165) is 12.1 Å². The van der Waals surface area contributed by atoms with Gasteiger partial charge in [0.25, 0.3) is 5.91 Å². The van der Waals surface area contributed by atoms with Crippen molar-refractivity contribution in [3.05, 3.63) is 64.2 Å². The maximum absolute atomic E-state index is 13.6. The molecule has 0 heterocycles. The van der Waals surface area contributed by atoms with Crippen molar-refractivity contribution in [1.29, 1.82) is 0 Å². The van der Waals surface area contributed by atoms with E-state index >= 15 is 0 Å². The summed E-state index contributed by atoms with van der Waals surface area (Å²) in [7, 11) is 1.50. The minimum atomic E-state index is -0.701. The van der Waals surface area contributed by atoms with Crippen LogP contribution in [0.3, 0.4) is 0 Å². The molecule has 6 heteroatoms. The Morgan fingerprint density at radius 1 is 1.29 bits per heavy atom. The van der Waals surface area contributed by atoms with Crippen LogP contribution in [0.5, 0.6) is 0 Å². The summed E-state index contributed by atoms with van der Waals surface area (Å²) < 4.78 is 26.4. The number of carbonyl (C=O) groups excluding carboxylic acids is 1. The van der Waals surface area contributed by atoms with Crippen LogP contribution in [0, 0.1) is 11.6 Å². The Labute approximate surface area is 125 Å². The van der Waals surface area contributed by atoms with Crippen LogP contribution in [0.15, 0.2) is 36.4 Å². The van der Waals surface area contributed by atoms with Gasteiger partial charge in [0.15, 0.2) is 0 Å². The van der Waals surface area contributed by atoms with E-state index in [2.05, 4.69) is 0 Å². The van der Waals surface area contributed by atoms with E-state index in [4.69, 9.17) is 17.3 Å². The van der Waals surface area contributed by atoms with Crippen LogP contribution >= 0.6 is 11.6 Å². The molecule has 110 valence electrons. The summed E-state index contributed by atoms with van der Waals surface area (Å²) in [6, 6.07) is 7.96. The zero-order valence-electron chi connectivity index (χ0n) is 11.2. The predicted octanol–water partition coefficient (Wildman–Crippen LogP) is 3.47. The quantitative estimate of drug-likeness (QED) is 0.882. The number of amides is 1. The first-order valence-electron chi connectivity index (χ1n) is 6.13. The molecule has 0 aromatic heterocycles. The normalized spacial score (nSPS) is 10.5. The first-order chi connectivity index (χ1) is 9.90. The number of hydrogen-bond donors (Lipinski definition) is 1. The number of nitrogen functional groups attached to an aromatic ring is 1. The molecule has 0 aliphatic heterocycles. The van der Waals surface area contributed by atoms with E-state index in [-0.39, 0.29) is 22.7 Å². The van der Waals surface area contributed by atoms with Gasteiger partial charge in [-0.3, -0.25) is 4.79 Å². The standard InChI is InChI=1S/C15H13ClF2N2O/c1-20(8-9-5-6-10(17)7-12(9)18)15(21)11-3-2-4-13(19)14(11)16/h2-7H,8,19H2,1H3. The zero-order chi connectivity index (χ0) is 15.6. The highest BCUT2D eigenvalue weighted by Gasteiger charge is 2.17. The monoisotopic (exact) mass is 310 g/mol. The molecule has 0 saturated heterocycles. The highest BCUT2D eigenvalue weighted by atomic mass is 35.5. The summed E-state index contributed by atoms with van der Waals surface area (Å²) in [6.45, 7) is -0.00389. The molecule has 0 atom stereocenters. The molecule has 0 fully saturated rings. The van der Waals surface area contributed by atoms with Crippen LogP contribution < -0.4 is 5.73 Å². The van der Waals surface area contributed by atoms with E-state index in [1.54, 1.807) is 18.2 Å². The topological polar surface area (TPSA) is 46.3 Å². The van der Waals surface area contributed by atoms with Crippen LogP contribution in [-0.4, -0.2) is 17.9 Å². The second-order valence-electron chi connectivity index (χ2n) is 4.61. The van der Waals surface area contributed by atoms with Crippen LogP contribution in [-0.2, 0) is 6.54 Å². The summed E-state index contributed by atoms with van der Waals surface area (Å²) in [5.74, 6) is -1.76. The number of nitrogens with zero attached hydrogens (tertiary/aromatic N) is 1. The second kappa shape index (κ2) is 6.10. The van der Waals surface area contributed by atoms with Gasteiger partial charge >= 0.3 is 0 Å². The summed E-state index contributed by atoms with van der Waals surface area (Å²) >= 11 is 5.99. The molecule has 21 heavy (non-hydrogen) atoms. The Bertz CT molecular complexity index is 691. The largest absolute Gasteiger partial charge is 0.398 e. The average molecular weight is 311 g/mol. The first kappa shape index (κ1) is 15.3. The van der Waals surface area contributed by atoms with Gasteiger partial charge in [-0.05, 0) is 18.2 Å². The van der Waals surface area contributed by atoms with Crippen LogP contribution in [0.25, 0.3) is 0 Å². The number of halogens is 3. The van der Waals surface area contributed by atoms with Gasteiger partial charge in [0.2, 0.25) is 0 Å². The molecular formula is C15H13ClF2N2O. The Morgan fingerprint density at radius 3 is 2.67 bits per heavy atom. The van der Waals surface area contributed by atoms with E-state index in [1.165, 1.54) is 18.0 Å². The second-order valence-corrected chi connectivity index (χ2v) is 4.98. The van der Waals surface area contributed by atoms with Crippen LogP contribution in [0.4, 0.5) is 14.5 Å². The van der Waals surface area contributed by atoms with Crippen molar-refractivity contribution >= 4 is 23.2 Å². The molecule has 3 nitrogen and oxygen atoms in total. The summed E-state index contributed by atoms with van der Waals surface area (Å²) in [5, 5.41) is 0.161. The minimum absolute atomic E-state index is 0.00389. The van der Waals surface area contributed by atoms with Gasteiger partial charge in [0.05, 0.1) is 16.3 Å². The third-order valence-corrected chi connectivity index (χ3v) is 3.45. The van der Waals surface area contributed by atoms with E-state index in [9.17, 15) is 13.6 Å². The van der Waals surface area contributed by atoms with Crippen molar-refractivity contribution in [2.24, 2.45) is 0 Å². The lowest BCUT2D eigenvalue weighted by atomic mass is 10.1. The lowest BCUT2D eigenvalue weighted by Crippen LogP contribution is -2.27. The number of carbonyl (C=O) groups is 1. The van der Waals surface area contributed by atoms with E-state index in [1.807, 2.05) is 0 Å². The zero-order valence-corrected chi connectivity index (χ0v) is 12.0. The summed E-state index contributed by atoms with van der Waals surface area (Å²) in [6.07, 6.45) is 0. The maximum Gasteiger partial charge on any atom is 0.255 e. The summed E-state index contributed by atoms with van der Waals surface area (Å²) in [4.78, 5) is 13.6. The van der Waals surface area contributed by atoms with E-state index in [0.29, 0.717) is 5.69 Å². The van der Waals surface area contributed by atoms with Crippen molar-refractivity contribution in [3.63, 3.8) is 0 Å². The van der Waals surface area contributed by atoms with E-state index < -0.39 is 17.5 Å². The Kier molecular flexibility index (Phi) is 4.43. The van der Waals surface area contributed by atoms with Gasteiger partial charge in [0.1, 0.15) is 11.6 Å². The first-order valence-corrected chi connectivity index (χ1v) is 6.51. The number of benzene rings is 2. The van der Waals surface area contributed by atoms with Gasteiger partial charge in [-0.15, -0.1) is 0 Å². The molecule has 0 aliphatic carbocycles. The highest BCUT2D eigenvalue weighted by molar-refractivity contribution is 6.36. The van der Waals surface area contributed by atoms with Crippen molar-refractivity contribution in [2.45, 2.75) is 6.54 Å². The highest BCUT2D eigenvalue weighted by Crippen LogP contribution is 2.24. The third-order valence-electron chi connectivity index (χ3n) is 3.03. The molecule has 0 radical (unpaired) electrons. The maximum atomic E-state index is 13.6. The lowest BCUT2D eigenvalue weighted by Gasteiger charge is -2.18. The fourth-order valence-corrected chi connectivity index (χ4v) is 2.10. The smallest absolute Gasteiger partial charge is 0.255 e. The van der Waals surface area contributed by atoms with Crippen molar-refractivity contribution in [2.75, 3.05) is 12.8 Å². The van der Waals surface area contributed by atoms with Crippen molar-refractivity contribution in [3.8, 4) is 0 Å². The molecule has 2 rings (SSSR count). The molecule has 0 bridgehead atoms. The van der Waals surface area contributed by atoms with Gasteiger partial charge in [-0.2, -0.15) is 0 Å². The molecule has 1 amide bonds. The molecule has 2 N–H and O–H groups in total. The van der Waals surface area contributed by atoms with Gasteiger partial charge in [-0.25, -0.2) is 8.78 Å². The molecule has 0 aliphatic rings. The van der Waals surface area contributed by atoms with Crippen LogP contribution in [0.2, 0.25) is 5.02 Å². The Hall–Kier alpha value is -2.14. The molecule has 0 spiro atoms. The Balaban J connectivity index is 2.21. The number of rotatable bonds is 3. The van der Waals surface area contributed by atoms with Crippen molar-refractivity contribution < 1.29 is 13.6 Å². The van der Waals surface area contributed by atoms with Gasteiger partial charge in [0, 0.05) is 25.2 Å². The van der Waals surface area contributed by atoms with Gasteiger partial charge < -0.3 is 10.6 Å². The third kappa shape index (κ3) is 3.31. The van der Waals surface area contributed by atoms with Gasteiger partial charge in [-0.1, -0.05) is 23.7 Å². The minimum Gasteiger partial charge on any atom is -0.398 e. The number of hydrogen-bond acceptors (Lipinski definition) is 2. The number of anilines is 1. The molecule has 0 saturated carbocycles. The molecule has 0 unspecified atom stereocenters. The molecule has 2 aromatic carbocycles. The number of nitrogens with two attached hydrogens (primary N) is 1. The fourth-order valence-electron chi connectivity index (χ4n) is 1.90. The van der Waals surface area contributed by atoms with Crippen molar-refractivity contribution in [1.82, 2.24) is 4.90 Å². The molecule has 2 aromatic rings. The Morgan fingerprint density at radius 2 is 2.00 bits per heavy atom. The fraction of sp³-hybridized carbons (Fsp3) is 0.133. The molecular weight excluding hydrogens is 298 g/mol. The summed E-state index contributed by atoms with van der Waals surface area (Å²) in [5.41, 5.74) is 6.40.